The van der Waals surface area contributed by atoms with Crippen LogP contribution in [-0.2, 0) is 9.59 Å². The van der Waals surface area contributed by atoms with Gasteiger partial charge in [-0.1, -0.05) is 6.92 Å². The number of hydrogen-bond acceptors (Lipinski definition) is 3. The summed E-state index contributed by atoms with van der Waals surface area (Å²) in [6.07, 6.45) is 3.12. The Balaban J connectivity index is 2.30. The van der Waals surface area contributed by atoms with Crippen molar-refractivity contribution in [3.8, 4) is 0 Å². The van der Waals surface area contributed by atoms with Crippen LogP contribution in [-0.4, -0.2) is 40.5 Å². The number of nitrogens with one attached hydrogen (secondary N) is 1. The molecule has 1 heterocycles. The van der Waals surface area contributed by atoms with Crippen molar-refractivity contribution in [2.75, 3.05) is 6.54 Å². The van der Waals surface area contributed by atoms with E-state index >= 15 is 0 Å². The first-order valence-corrected chi connectivity index (χ1v) is 6.36. The summed E-state index contributed by atoms with van der Waals surface area (Å²) >= 11 is 0. The van der Waals surface area contributed by atoms with Gasteiger partial charge in [0.25, 0.3) is 0 Å². The molecule has 0 aromatic carbocycles. The second-order valence-corrected chi connectivity index (χ2v) is 4.50. The van der Waals surface area contributed by atoms with E-state index < -0.39 is 11.9 Å². The van der Waals surface area contributed by atoms with Gasteiger partial charge in [0.05, 0.1) is 0 Å². The van der Waals surface area contributed by atoms with Crippen molar-refractivity contribution < 1.29 is 19.5 Å². The minimum absolute atomic E-state index is 0.0527. The molecular formula is C12H20N2O4. The minimum atomic E-state index is -0.931. The van der Waals surface area contributed by atoms with Gasteiger partial charge in [0.1, 0.15) is 0 Å². The van der Waals surface area contributed by atoms with Gasteiger partial charge in [-0.15, -0.1) is 0 Å². The van der Waals surface area contributed by atoms with Crippen molar-refractivity contribution in [3.05, 3.63) is 0 Å². The second-order valence-electron chi connectivity index (χ2n) is 4.50. The Kier molecular flexibility index (Phi) is 5.61. The molecule has 102 valence electrons. The Morgan fingerprint density at radius 2 is 2.06 bits per heavy atom. The predicted molar refractivity (Wildman–Crippen MR) is 65.0 cm³/mol. The summed E-state index contributed by atoms with van der Waals surface area (Å²) in [6.45, 7) is 2.71. The molecule has 6 nitrogen and oxygen atoms in total. The van der Waals surface area contributed by atoms with E-state index in [0.29, 0.717) is 6.54 Å². The Bertz CT molecular complexity index is 330. The first kappa shape index (κ1) is 14.5. The average Bonchev–Trinajstić information content (AvgIpc) is 2.76. The number of nitrogens with zero attached hydrogens (tertiary/aromatic N) is 1. The minimum Gasteiger partial charge on any atom is -0.481 e. The number of carbonyl (C=O) groups is 3. The molecule has 0 spiro atoms. The second kappa shape index (κ2) is 6.98. The smallest absolute Gasteiger partial charge is 0.324 e. The Morgan fingerprint density at radius 1 is 1.33 bits per heavy atom. The number of carboxylic acid groups (broad SMARTS) is 1. The van der Waals surface area contributed by atoms with E-state index in [1.54, 1.807) is 4.90 Å². The van der Waals surface area contributed by atoms with Crippen molar-refractivity contribution >= 4 is 17.9 Å². The fourth-order valence-electron chi connectivity index (χ4n) is 2.18. The van der Waals surface area contributed by atoms with Gasteiger partial charge in [-0.25, -0.2) is 4.79 Å². The monoisotopic (exact) mass is 256 g/mol. The molecule has 6 heteroatoms. The molecular weight excluding hydrogens is 236 g/mol. The van der Waals surface area contributed by atoms with Gasteiger partial charge in [0, 0.05) is 25.4 Å². The summed E-state index contributed by atoms with van der Waals surface area (Å²) in [6, 6.07) is -0.128. The third kappa shape index (κ3) is 4.35. The first-order chi connectivity index (χ1) is 8.54. The molecule has 1 saturated heterocycles. The summed E-state index contributed by atoms with van der Waals surface area (Å²) in [5.41, 5.74) is 0. The number of likely N-dealkylation sites (tertiary alicyclic amines) is 1. The lowest BCUT2D eigenvalue weighted by Crippen LogP contribution is -2.44. The van der Waals surface area contributed by atoms with Gasteiger partial charge in [-0.2, -0.15) is 0 Å². The number of aliphatic carboxylic acids is 1. The number of imide groups is 1. The highest BCUT2D eigenvalue weighted by Gasteiger charge is 2.27. The highest BCUT2D eigenvalue weighted by molar-refractivity contribution is 5.94. The largest absolute Gasteiger partial charge is 0.481 e. The van der Waals surface area contributed by atoms with Gasteiger partial charge in [-0.05, 0) is 25.7 Å². The third-order valence-electron chi connectivity index (χ3n) is 3.15. The summed E-state index contributed by atoms with van der Waals surface area (Å²) < 4.78 is 0. The van der Waals surface area contributed by atoms with Gasteiger partial charge in [-0.3, -0.25) is 14.9 Å². The average molecular weight is 256 g/mol. The van der Waals surface area contributed by atoms with Gasteiger partial charge < -0.3 is 10.0 Å². The Hall–Kier alpha value is -1.59. The number of carbonyl (C=O) groups excluding carboxylic acids is 2. The van der Waals surface area contributed by atoms with Crippen LogP contribution >= 0.6 is 0 Å². The zero-order valence-corrected chi connectivity index (χ0v) is 10.6. The van der Waals surface area contributed by atoms with Gasteiger partial charge in [0.2, 0.25) is 5.91 Å². The summed E-state index contributed by atoms with van der Waals surface area (Å²) in [7, 11) is 0. The molecule has 0 aromatic heterocycles. The number of carboxylic acids is 1. The van der Waals surface area contributed by atoms with Crippen molar-refractivity contribution in [2.45, 2.75) is 51.5 Å². The zero-order valence-electron chi connectivity index (χ0n) is 10.6. The molecule has 0 aromatic rings. The molecule has 0 aliphatic carbocycles. The van der Waals surface area contributed by atoms with Gasteiger partial charge >= 0.3 is 12.0 Å². The van der Waals surface area contributed by atoms with Crippen LogP contribution in [0, 0.1) is 0 Å². The van der Waals surface area contributed by atoms with E-state index in [1.807, 2.05) is 6.92 Å². The van der Waals surface area contributed by atoms with E-state index in [1.165, 1.54) is 0 Å². The van der Waals surface area contributed by atoms with Crippen LogP contribution in [0.2, 0.25) is 0 Å². The molecule has 1 rings (SSSR count). The van der Waals surface area contributed by atoms with Crippen LogP contribution in [0.3, 0.4) is 0 Å². The van der Waals surface area contributed by atoms with E-state index in [-0.39, 0.29) is 31.3 Å². The van der Waals surface area contributed by atoms with Crippen LogP contribution in [0.5, 0.6) is 0 Å². The molecule has 1 atom stereocenters. The maximum Gasteiger partial charge on any atom is 0.324 e. The highest BCUT2D eigenvalue weighted by atomic mass is 16.4. The molecule has 0 radical (unpaired) electrons. The third-order valence-corrected chi connectivity index (χ3v) is 3.15. The summed E-state index contributed by atoms with van der Waals surface area (Å²) in [5.74, 6) is -1.33. The molecule has 18 heavy (non-hydrogen) atoms. The van der Waals surface area contributed by atoms with Crippen LogP contribution < -0.4 is 5.32 Å². The quantitative estimate of drug-likeness (QED) is 0.777. The predicted octanol–water partition coefficient (Wildman–Crippen LogP) is 1.35. The van der Waals surface area contributed by atoms with E-state index in [0.717, 1.165) is 19.3 Å². The Labute approximate surface area is 106 Å². The molecule has 1 aliphatic rings. The lowest BCUT2D eigenvalue weighted by Gasteiger charge is -2.23. The zero-order chi connectivity index (χ0) is 13.5. The standard InChI is InChI=1S/C12H20N2O4/c1-2-9-5-4-8-14(9)12(18)13-10(15)6-3-7-11(16)17/h9H,2-8H2,1H3,(H,16,17)(H,13,15,18). The van der Waals surface area contributed by atoms with Crippen molar-refractivity contribution in [1.82, 2.24) is 10.2 Å². The molecule has 0 bridgehead atoms. The lowest BCUT2D eigenvalue weighted by molar-refractivity contribution is -0.137. The SMILES string of the molecule is CCC1CCCN1C(=O)NC(=O)CCCC(=O)O. The molecule has 1 unspecified atom stereocenters. The fourth-order valence-corrected chi connectivity index (χ4v) is 2.18. The van der Waals surface area contributed by atoms with E-state index in [2.05, 4.69) is 5.32 Å². The number of hydrogen-bond donors (Lipinski definition) is 2. The molecule has 3 amide bonds. The summed E-state index contributed by atoms with van der Waals surface area (Å²) in [5, 5.41) is 10.8. The molecule has 1 aliphatic heterocycles. The lowest BCUT2D eigenvalue weighted by atomic mass is 10.2. The van der Waals surface area contributed by atoms with Gasteiger partial charge in [0.15, 0.2) is 0 Å². The van der Waals surface area contributed by atoms with Crippen LogP contribution in [0.4, 0.5) is 4.79 Å². The number of amides is 3. The number of rotatable bonds is 5. The van der Waals surface area contributed by atoms with Crippen molar-refractivity contribution in [2.24, 2.45) is 0 Å². The van der Waals surface area contributed by atoms with Crippen LogP contribution in [0.25, 0.3) is 0 Å². The maximum atomic E-state index is 11.8. The number of urea groups is 1. The first-order valence-electron chi connectivity index (χ1n) is 6.36. The molecule has 1 fully saturated rings. The van der Waals surface area contributed by atoms with Crippen molar-refractivity contribution in [3.63, 3.8) is 0 Å². The Morgan fingerprint density at radius 3 is 2.67 bits per heavy atom. The molecule has 0 saturated carbocycles. The van der Waals surface area contributed by atoms with Crippen LogP contribution in [0.15, 0.2) is 0 Å². The van der Waals surface area contributed by atoms with Crippen molar-refractivity contribution in [1.29, 1.82) is 0 Å². The topological polar surface area (TPSA) is 86.7 Å². The maximum absolute atomic E-state index is 11.8. The van der Waals surface area contributed by atoms with E-state index in [4.69, 9.17) is 5.11 Å². The highest BCUT2D eigenvalue weighted by Crippen LogP contribution is 2.19. The normalized spacial score (nSPS) is 18.7. The fraction of sp³-hybridized carbons (Fsp3) is 0.750. The summed E-state index contributed by atoms with van der Waals surface area (Å²) in [4.78, 5) is 35.2. The van der Waals surface area contributed by atoms with E-state index in [9.17, 15) is 14.4 Å². The molecule has 2 N–H and O–H groups in total. The van der Waals surface area contributed by atoms with Crippen LogP contribution in [0.1, 0.15) is 45.4 Å².